The zero-order valence-electron chi connectivity index (χ0n) is 8.03. The van der Waals surface area contributed by atoms with Crippen LogP contribution in [0.4, 0.5) is 4.39 Å². The van der Waals surface area contributed by atoms with Gasteiger partial charge in [0.25, 0.3) is 0 Å². The van der Waals surface area contributed by atoms with E-state index in [0.29, 0.717) is 17.9 Å². The highest BCUT2D eigenvalue weighted by molar-refractivity contribution is 5.79. The van der Waals surface area contributed by atoms with Crippen LogP contribution in [0.25, 0.3) is 0 Å². The average molecular weight is 196 g/mol. The van der Waals surface area contributed by atoms with Crippen molar-refractivity contribution in [1.29, 1.82) is 0 Å². The van der Waals surface area contributed by atoms with E-state index >= 15 is 0 Å². The van der Waals surface area contributed by atoms with Gasteiger partial charge in [-0.15, -0.1) is 0 Å². The lowest BCUT2D eigenvalue weighted by atomic mass is 10.2. The third-order valence-corrected chi connectivity index (χ3v) is 1.59. The largest absolute Gasteiger partial charge is 0.493 e. The van der Waals surface area contributed by atoms with Gasteiger partial charge in [0.2, 0.25) is 0 Å². The van der Waals surface area contributed by atoms with E-state index in [2.05, 4.69) is 5.10 Å². The van der Waals surface area contributed by atoms with E-state index in [4.69, 9.17) is 10.6 Å². The molecule has 0 saturated heterocycles. The van der Waals surface area contributed by atoms with Crippen molar-refractivity contribution in [2.45, 2.75) is 13.3 Å². The van der Waals surface area contributed by atoms with Crippen LogP contribution < -0.4 is 10.6 Å². The smallest absolute Gasteiger partial charge is 0.127 e. The maximum atomic E-state index is 13.0. The molecule has 3 nitrogen and oxygen atoms in total. The van der Waals surface area contributed by atoms with E-state index in [0.717, 1.165) is 6.42 Å². The molecule has 0 atom stereocenters. The Kier molecular flexibility index (Phi) is 3.91. The Morgan fingerprint density at radius 1 is 1.50 bits per heavy atom. The monoisotopic (exact) mass is 196 g/mol. The maximum absolute atomic E-state index is 13.0. The Morgan fingerprint density at radius 3 is 2.93 bits per heavy atom. The molecule has 0 bridgehead atoms. The first kappa shape index (κ1) is 10.5. The Hall–Kier alpha value is -1.58. The minimum atomic E-state index is -0.353. The number of hydrogen-bond donors (Lipinski definition) is 1. The van der Waals surface area contributed by atoms with Crippen LogP contribution in [0.3, 0.4) is 0 Å². The van der Waals surface area contributed by atoms with Crippen LogP contribution in [0, 0.1) is 5.82 Å². The zero-order valence-corrected chi connectivity index (χ0v) is 8.03. The van der Waals surface area contributed by atoms with E-state index in [-0.39, 0.29) is 5.82 Å². The molecule has 2 N–H and O–H groups in total. The second kappa shape index (κ2) is 5.21. The van der Waals surface area contributed by atoms with Crippen molar-refractivity contribution in [1.82, 2.24) is 0 Å². The number of benzene rings is 1. The molecule has 0 aliphatic heterocycles. The fourth-order valence-electron chi connectivity index (χ4n) is 1.05. The van der Waals surface area contributed by atoms with E-state index in [1.807, 2.05) is 6.92 Å². The Balaban J connectivity index is 2.83. The summed E-state index contributed by atoms with van der Waals surface area (Å²) in [5.74, 6) is 5.12. The first-order valence-corrected chi connectivity index (χ1v) is 4.43. The second-order valence-corrected chi connectivity index (χ2v) is 2.85. The van der Waals surface area contributed by atoms with Crippen molar-refractivity contribution < 1.29 is 9.13 Å². The average Bonchev–Trinajstić information content (AvgIpc) is 2.14. The van der Waals surface area contributed by atoms with Gasteiger partial charge >= 0.3 is 0 Å². The molecule has 1 aromatic carbocycles. The number of halogens is 1. The number of hydrogen-bond acceptors (Lipinski definition) is 3. The van der Waals surface area contributed by atoms with Crippen LogP contribution in [0.15, 0.2) is 23.3 Å². The normalized spacial score (nSPS) is 10.7. The van der Waals surface area contributed by atoms with Gasteiger partial charge < -0.3 is 10.6 Å². The Labute approximate surface area is 82.4 Å². The summed E-state index contributed by atoms with van der Waals surface area (Å²) in [6.07, 6.45) is 2.26. The molecule has 1 aromatic rings. The summed E-state index contributed by atoms with van der Waals surface area (Å²) >= 11 is 0. The molecular weight excluding hydrogens is 183 g/mol. The summed E-state index contributed by atoms with van der Waals surface area (Å²) in [4.78, 5) is 0. The summed E-state index contributed by atoms with van der Waals surface area (Å²) in [6.45, 7) is 2.56. The lowest BCUT2D eigenvalue weighted by Crippen LogP contribution is -1.97. The molecule has 0 fully saturated rings. The van der Waals surface area contributed by atoms with Crippen molar-refractivity contribution in [3.63, 3.8) is 0 Å². The standard InChI is InChI=1S/C10H13FN2O/c1-2-3-14-10-5-8(7-13-12)4-9(11)6-10/h4-7H,2-3,12H2,1H3. The molecule has 0 amide bonds. The predicted octanol–water partition coefficient (Wildman–Crippen LogP) is 1.91. The zero-order chi connectivity index (χ0) is 10.4. The molecular formula is C10H13FN2O. The number of rotatable bonds is 4. The van der Waals surface area contributed by atoms with Crippen molar-refractivity contribution >= 4 is 6.21 Å². The third kappa shape index (κ3) is 3.05. The first-order chi connectivity index (χ1) is 6.76. The molecule has 0 aliphatic rings. The summed E-state index contributed by atoms with van der Waals surface area (Å²) in [6, 6.07) is 4.37. The highest BCUT2D eigenvalue weighted by Crippen LogP contribution is 2.15. The van der Waals surface area contributed by atoms with Gasteiger partial charge in [-0.05, 0) is 18.6 Å². The van der Waals surface area contributed by atoms with Crippen LogP contribution in [0.5, 0.6) is 5.75 Å². The SMILES string of the molecule is CCCOc1cc(F)cc(C=NN)c1. The van der Waals surface area contributed by atoms with Crippen molar-refractivity contribution in [2.24, 2.45) is 10.9 Å². The van der Waals surface area contributed by atoms with Gasteiger partial charge in [0, 0.05) is 11.6 Å². The van der Waals surface area contributed by atoms with Crippen LogP contribution in [-0.2, 0) is 0 Å². The fraction of sp³-hybridized carbons (Fsp3) is 0.300. The lowest BCUT2D eigenvalue weighted by Gasteiger charge is -2.05. The number of nitrogens with zero attached hydrogens (tertiary/aromatic N) is 1. The molecule has 0 radical (unpaired) electrons. The van der Waals surface area contributed by atoms with Gasteiger partial charge in [0.15, 0.2) is 0 Å². The summed E-state index contributed by atoms with van der Waals surface area (Å²) in [5, 5.41) is 3.32. The molecule has 0 heterocycles. The molecule has 0 saturated carbocycles. The highest BCUT2D eigenvalue weighted by Gasteiger charge is 1.99. The number of hydrazone groups is 1. The molecule has 4 heteroatoms. The van der Waals surface area contributed by atoms with Crippen LogP contribution in [0.2, 0.25) is 0 Å². The third-order valence-electron chi connectivity index (χ3n) is 1.59. The fourth-order valence-corrected chi connectivity index (χ4v) is 1.05. The number of ether oxygens (including phenoxy) is 1. The Morgan fingerprint density at radius 2 is 2.29 bits per heavy atom. The van der Waals surface area contributed by atoms with Crippen molar-refractivity contribution in [3.8, 4) is 5.75 Å². The topological polar surface area (TPSA) is 47.6 Å². The van der Waals surface area contributed by atoms with Gasteiger partial charge in [-0.25, -0.2) is 4.39 Å². The molecule has 76 valence electrons. The number of nitrogens with two attached hydrogens (primary N) is 1. The van der Waals surface area contributed by atoms with Crippen molar-refractivity contribution in [3.05, 3.63) is 29.6 Å². The highest BCUT2D eigenvalue weighted by atomic mass is 19.1. The van der Waals surface area contributed by atoms with Crippen LogP contribution in [0.1, 0.15) is 18.9 Å². The van der Waals surface area contributed by atoms with E-state index in [9.17, 15) is 4.39 Å². The maximum Gasteiger partial charge on any atom is 0.127 e. The molecule has 0 aliphatic carbocycles. The summed E-state index contributed by atoms with van der Waals surface area (Å²) in [7, 11) is 0. The minimum absolute atomic E-state index is 0.353. The molecule has 0 aromatic heterocycles. The van der Waals surface area contributed by atoms with Crippen LogP contribution in [-0.4, -0.2) is 12.8 Å². The van der Waals surface area contributed by atoms with Gasteiger partial charge in [-0.1, -0.05) is 6.92 Å². The van der Waals surface area contributed by atoms with E-state index in [1.165, 1.54) is 18.3 Å². The summed E-state index contributed by atoms with van der Waals surface area (Å²) < 4.78 is 18.3. The molecule has 14 heavy (non-hydrogen) atoms. The predicted molar refractivity (Wildman–Crippen MR) is 54.0 cm³/mol. The van der Waals surface area contributed by atoms with E-state index in [1.54, 1.807) is 6.07 Å². The Bertz CT molecular complexity index is 326. The van der Waals surface area contributed by atoms with Gasteiger partial charge in [0.1, 0.15) is 11.6 Å². The first-order valence-electron chi connectivity index (χ1n) is 4.43. The van der Waals surface area contributed by atoms with Gasteiger partial charge in [0.05, 0.1) is 12.8 Å². The lowest BCUT2D eigenvalue weighted by molar-refractivity contribution is 0.316. The van der Waals surface area contributed by atoms with E-state index < -0.39 is 0 Å². The van der Waals surface area contributed by atoms with Crippen molar-refractivity contribution in [2.75, 3.05) is 6.61 Å². The quantitative estimate of drug-likeness (QED) is 0.454. The molecule has 0 unspecified atom stereocenters. The second-order valence-electron chi connectivity index (χ2n) is 2.85. The van der Waals surface area contributed by atoms with Gasteiger partial charge in [-0.3, -0.25) is 0 Å². The molecule has 0 spiro atoms. The summed E-state index contributed by atoms with van der Waals surface area (Å²) in [5.41, 5.74) is 0.596. The van der Waals surface area contributed by atoms with Gasteiger partial charge in [-0.2, -0.15) is 5.10 Å². The molecule has 1 rings (SSSR count). The minimum Gasteiger partial charge on any atom is -0.493 e. The van der Waals surface area contributed by atoms with Crippen LogP contribution >= 0.6 is 0 Å².